The lowest BCUT2D eigenvalue weighted by molar-refractivity contribution is 0.0323. The second-order valence-corrected chi connectivity index (χ2v) is 11.6. The van der Waals surface area contributed by atoms with E-state index < -0.39 is 0 Å². The Labute approximate surface area is 264 Å². The zero-order chi connectivity index (χ0) is 31.2. The highest BCUT2D eigenvalue weighted by molar-refractivity contribution is 6.02. The molecule has 6 rings (SSSR count). The number of rotatable bonds is 13. The van der Waals surface area contributed by atoms with Gasteiger partial charge in [0.05, 0.1) is 50.3 Å². The van der Waals surface area contributed by atoms with Crippen molar-refractivity contribution in [1.82, 2.24) is 20.3 Å². The number of nitrogens with zero attached hydrogens (tertiary/aromatic N) is 2. The third-order valence-corrected chi connectivity index (χ3v) is 8.89. The van der Waals surface area contributed by atoms with Crippen LogP contribution in [0.5, 0.6) is 5.75 Å². The van der Waals surface area contributed by atoms with E-state index in [1.165, 1.54) is 0 Å². The maximum atomic E-state index is 13.2. The molecule has 1 atom stereocenters. The molecule has 3 heterocycles. The number of morpholine rings is 1. The van der Waals surface area contributed by atoms with Crippen molar-refractivity contribution in [2.75, 3.05) is 59.2 Å². The van der Waals surface area contributed by atoms with Crippen molar-refractivity contribution < 1.29 is 24.1 Å². The Balaban J connectivity index is 1.28. The van der Waals surface area contributed by atoms with Crippen molar-refractivity contribution in [3.8, 4) is 5.75 Å². The lowest BCUT2D eigenvalue weighted by Gasteiger charge is -2.30. The summed E-state index contributed by atoms with van der Waals surface area (Å²) in [5.41, 5.74) is 8.89. The van der Waals surface area contributed by atoms with Gasteiger partial charge in [0.1, 0.15) is 11.4 Å². The minimum atomic E-state index is -0.357. The largest absolute Gasteiger partial charge is 0.493 e. The van der Waals surface area contributed by atoms with E-state index in [9.17, 15) is 9.90 Å². The maximum absolute atomic E-state index is 13.2. The number of H-pyrrole nitrogens is 1. The molecule has 0 amide bonds. The number of para-hydroxylation sites is 1. The van der Waals surface area contributed by atoms with Crippen molar-refractivity contribution in [2.45, 2.75) is 39.2 Å². The molecule has 3 N–H and O–H groups in total. The Hall–Kier alpha value is -3.89. The van der Waals surface area contributed by atoms with Crippen LogP contribution in [0.25, 0.3) is 27.2 Å². The number of esters is 1. The van der Waals surface area contributed by atoms with Crippen LogP contribution < -0.4 is 10.2 Å². The number of hydrogen-bond acceptors (Lipinski definition) is 8. The predicted molar refractivity (Wildman–Crippen MR) is 177 cm³/mol. The van der Waals surface area contributed by atoms with Crippen molar-refractivity contribution in [3.63, 3.8) is 0 Å². The summed E-state index contributed by atoms with van der Waals surface area (Å²) >= 11 is 0. The number of benzene rings is 3. The van der Waals surface area contributed by atoms with Crippen LogP contribution in [-0.2, 0) is 15.9 Å². The van der Waals surface area contributed by atoms with E-state index in [0.29, 0.717) is 25.3 Å². The first kappa shape index (κ1) is 31.1. The number of carbonyl (C=O) groups is 1. The van der Waals surface area contributed by atoms with Crippen LogP contribution in [0.3, 0.4) is 0 Å². The number of fused-ring (bicyclic) bond motifs is 2. The van der Waals surface area contributed by atoms with Crippen LogP contribution in [-0.4, -0.2) is 91.2 Å². The van der Waals surface area contributed by atoms with Gasteiger partial charge in [0.25, 0.3) is 0 Å². The number of carbonyl (C=O) groups excluding carboxylic acids is 1. The molecule has 0 saturated carbocycles. The molecule has 1 saturated heterocycles. The smallest absolute Gasteiger partial charge is 0.355 e. The molecule has 4 aromatic rings. The fraction of sp³-hybridized carbons (Fsp3) is 0.417. The number of hydrogen-bond donors (Lipinski definition) is 3. The number of ether oxygens (including phenoxy) is 3. The van der Waals surface area contributed by atoms with Crippen LogP contribution in [0.4, 0.5) is 0 Å². The van der Waals surface area contributed by atoms with Gasteiger partial charge in [-0.05, 0) is 43.2 Å². The third kappa shape index (κ3) is 6.58. The molecule has 3 aromatic carbocycles. The van der Waals surface area contributed by atoms with Crippen LogP contribution in [0.1, 0.15) is 48.3 Å². The van der Waals surface area contributed by atoms with Gasteiger partial charge in [0.2, 0.25) is 0 Å². The van der Waals surface area contributed by atoms with Gasteiger partial charge in [-0.15, -0.1) is 0 Å². The Morgan fingerprint density at radius 1 is 1.00 bits per heavy atom. The minimum absolute atomic E-state index is 0.0364. The zero-order valence-corrected chi connectivity index (χ0v) is 26.3. The van der Waals surface area contributed by atoms with Crippen LogP contribution >= 0.6 is 0 Å². The molecule has 45 heavy (non-hydrogen) atoms. The quantitative estimate of drug-likeness (QED) is 0.141. The Morgan fingerprint density at radius 3 is 2.58 bits per heavy atom. The molecule has 2 aliphatic rings. The molecule has 0 bridgehead atoms. The summed E-state index contributed by atoms with van der Waals surface area (Å²) < 4.78 is 17.2. The fourth-order valence-electron chi connectivity index (χ4n) is 6.64. The third-order valence-electron chi connectivity index (χ3n) is 8.89. The van der Waals surface area contributed by atoms with E-state index in [1.54, 1.807) is 0 Å². The summed E-state index contributed by atoms with van der Waals surface area (Å²) in [6.07, 6.45) is 2.23. The normalized spacial score (nSPS) is 17.5. The van der Waals surface area contributed by atoms with E-state index in [1.807, 2.05) is 37.3 Å². The highest BCUT2D eigenvalue weighted by atomic mass is 16.5. The summed E-state index contributed by atoms with van der Waals surface area (Å²) in [4.78, 5) is 19.1. The van der Waals surface area contributed by atoms with Gasteiger partial charge in [-0.2, -0.15) is 0 Å². The number of aryl methyl sites for hydroxylation is 1. The van der Waals surface area contributed by atoms with Crippen molar-refractivity contribution in [3.05, 3.63) is 83.2 Å². The summed E-state index contributed by atoms with van der Waals surface area (Å²) in [5, 5.41) is 16.0. The topological polar surface area (TPSA) is 99.3 Å². The second kappa shape index (κ2) is 14.5. The molecule has 1 fully saturated rings. The van der Waals surface area contributed by atoms with E-state index >= 15 is 0 Å². The van der Waals surface area contributed by atoms with E-state index in [2.05, 4.69) is 57.6 Å². The van der Waals surface area contributed by atoms with Crippen LogP contribution in [0.15, 0.2) is 66.4 Å². The molecule has 9 nitrogen and oxygen atoms in total. The number of aromatic amines is 1. The molecule has 1 unspecified atom stereocenters. The van der Waals surface area contributed by atoms with Gasteiger partial charge >= 0.3 is 5.97 Å². The SMILES string of the molecule is CCOC(=O)c1[nH]c2c(C3=C(CO)N(CCN4CCOCC4)NC3CC)cccc2c1CCCOc1cccc2ccccc12. The lowest BCUT2D eigenvalue weighted by atomic mass is 9.93. The van der Waals surface area contributed by atoms with Gasteiger partial charge in [-0.1, -0.05) is 61.5 Å². The van der Waals surface area contributed by atoms with Gasteiger partial charge in [-0.25, -0.2) is 10.2 Å². The van der Waals surface area contributed by atoms with Crippen molar-refractivity contribution in [1.29, 1.82) is 0 Å². The van der Waals surface area contributed by atoms with Crippen LogP contribution in [0, 0.1) is 0 Å². The van der Waals surface area contributed by atoms with E-state index in [-0.39, 0.29) is 18.6 Å². The number of hydrazine groups is 1. The summed E-state index contributed by atoms with van der Waals surface area (Å²) in [6.45, 7) is 9.70. The Morgan fingerprint density at radius 2 is 1.78 bits per heavy atom. The van der Waals surface area contributed by atoms with Gasteiger partial charge in [0, 0.05) is 48.1 Å². The molecular formula is C36H44N4O5. The molecule has 9 heteroatoms. The second-order valence-electron chi connectivity index (χ2n) is 11.6. The first-order chi connectivity index (χ1) is 22.1. The summed E-state index contributed by atoms with van der Waals surface area (Å²) in [5.74, 6) is 0.505. The Kier molecular flexibility index (Phi) is 10.0. The zero-order valence-electron chi connectivity index (χ0n) is 26.3. The summed E-state index contributed by atoms with van der Waals surface area (Å²) in [7, 11) is 0. The molecule has 1 aromatic heterocycles. The number of aromatic nitrogens is 1. The predicted octanol–water partition coefficient (Wildman–Crippen LogP) is 5.14. The standard InChI is InChI=1S/C36H44N4O5/c1-3-30-33(31(24-41)40(38-30)18-17-39-19-22-43-23-20-39)29-14-8-13-27-28(35(37-34(27)29)36(42)44-4-2)15-9-21-45-32-16-7-11-25-10-5-6-12-26(25)32/h5-8,10-14,16,30,37-38,41H,3-4,9,15,17-24H2,1-2H3. The molecule has 0 aliphatic carbocycles. The number of aliphatic hydroxyl groups is 1. The summed E-state index contributed by atoms with van der Waals surface area (Å²) in [6, 6.07) is 20.5. The number of aliphatic hydroxyl groups excluding tert-OH is 1. The number of nitrogens with one attached hydrogen (secondary N) is 2. The van der Waals surface area contributed by atoms with Gasteiger partial charge < -0.3 is 29.3 Å². The first-order valence-corrected chi connectivity index (χ1v) is 16.2. The average Bonchev–Trinajstić information content (AvgIpc) is 3.64. The molecular weight excluding hydrogens is 568 g/mol. The fourth-order valence-corrected chi connectivity index (χ4v) is 6.64. The van der Waals surface area contributed by atoms with Crippen LogP contribution in [0.2, 0.25) is 0 Å². The first-order valence-electron chi connectivity index (χ1n) is 16.2. The maximum Gasteiger partial charge on any atom is 0.355 e. The molecule has 2 aliphatic heterocycles. The minimum Gasteiger partial charge on any atom is -0.493 e. The lowest BCUT2D eigenvalue weighted by Crippen LogP contribution is -2.45. The molecule has 0 spiro atoms. The molecule has 0 radical (unpaired) electrons. The Bertz CT molecular complexity index is 1650. The van der Waals surface area contributed by atoms with Crippen molar-refractivity contribution >= 4 is 33.2 Å². The van der Waals surface area contributed by atoms with Gasteiger partial charge in [0.15, 0.2) is 0 Å². The highest BCUT2D eigenvalue weighted by Gasteiger charge is 2.33. The highest BCUT2D eigenvalue weighted by Crippen LogP contribution is 2.37. The monoisotopic (exact) mass is 612 g/mol. The molecule has 238 valence electrons. The van der Waals surface area contributed by atoms with E-state index in [0.717, 1.165) is 102 Å². The van der Waals surface area contributed by atoms with Crippen molar-refractivity contribution in [2.24, 2.45) is 0 Å². The van der Waals surface area contributed by atoms with E-state index in [4.69, 9.17) is 14.2 Å². The van der Waals surface area contributed by atoms with Gasteiger partial charge in [-0.3, -0.25) is 4.90 Å². The average molecular weight is 613 g/mol.